The molecule has 0 atom stereocenters. The fraction of sp³-hybridized carbons (Fsp3) is 0.0667. The Morgan fingerprint density at radius 1 is 1.24 bits per heavy atom. The average molecular weight is 301 g/mol. The molecule has 0 spiro atoms. The first-order valence-corrected chi connectivity index (χ1v) is 7.28. The first kappa shape index (κ1) is 13.6. The van der Waals surface area contributed by atoms with Crippen LogP contribution in [-0.2, 0) is 5.75 Å². The number of imidazole rings is 1. The second-order valence-corrected chi connectivity index (χ2v) is 5.45. The summed E-state index contributed by atoms with van der Waals surface area (Å²) >= 11 is 1.38. The van der Waals surface area contributed by atoms with Crippen LogP contribution in [0.25, 0.3) is 11.0 Å². The number of carbonyl (C=O) groups is 1. The Morgan fingerprint density at radius 3 is 2.81 bits per heavy atom. The van der Waals surface area contributed by atoms with E-state index in [0.717, 1.165) is 5.52 Å². The van der Waals surface area contributed by atoms with E-state index >= 15 is 0 Å². The minimum atomic E-state index is -0.516. The van der Waals surface area contributed by atoms with Crippen LogP contribution in [0.15, 0.2) is 47.6 Å². The van der Waals surface area contributed by atoms with E-state index in [2.05, 4.69) is 9.97 Å². The number of para-hydroxylation sites is 1. The number of thioether (sulfide) groups is 1. The maximum absolute atomic E-state index is 13.6. The van der Waals surface area contributed by atoms with E-state index in [9.17, 15) is 9.18 Å². The smallest absolute Gasteiger partial charge is 0.250 e. The topological polar surface area (TPSA) is 71.8 Å². The van der Waals surface area contributed by atoms with E-state index < -0.39 is 5.91 Å². The molecule has 0 aliphatic carbocycles. The molecule has 1 aromatic heterocycles. The molecule has 4 nitrogen and oxygen atoms in total. The number of hydrogen-bond acceptors (Lipinski definition) is 3. The van der Waals surface area contributed by atoms with Gasteiger partial charge in [0, 0.05) is 5.75 Å². The van der Waals surface area contributed by atoms with Crippen LogP contribution < -0.4 is 5.73 Å². The zero-order valence-corrected chi connectivity index (χ0v) is 11.8. The number of hydrogen-bond donors (Lipinski definition) is 2. The van der Waals surface area contributed by atoms with Crippen LogP contribution in [0.5, 0.6) is 0 Å². The van der Waals surface area contributed by atoms with Gasteiger partial charge in [-0.3, -0.25) is 4.79 Å². The van der Waals surface area contributed by atoms with Crippen LogP contribution in [0.3, 0.4) is 0 Å². The van der Waals surface area contributed by atoms with Crippen LogP contribution in [0.2, 0.25) is 0 Å². The Morgan fingerprint density at radius 2 is 2.05 bits per heavy atom. The van der Waals surface area contributed by atoms with Gasteiger partial charge in [-0.25, -0.2) is 9.37 Å². The number of nitrogens with zero attached hydrogens (tertiary/aromatic N) is 1. The van der Waals surface area contributed by atoms with Crippen LogP contribution in [0.1, 0.15) is 15.9 Å². The summed E-state index contributed by atoms with van der Waals surface area (Å²) in [5.74, 6) is -0.296. The lowest BCUT2D eigenvalue weighted by Gasteiger charge is -2.00. The number of aromatic nitrogens is 2. The summed E-state index contributed by atoms with van der Waals surface area (Å²) < 4.78 is 13.6. The predicted octanol–water partition coefficient (Wildman–Crippen LogP) is 3.09. The molecule has 1 heterocycles. The molecule has 0 radical (unpaired) electrons. The number of aromatic amines is 1. The van der Waals surface area contributed by atoms with Crippen molar-refractivity contribution in [1.29, 1.82) is 0 Å². The van der Waals surface area contributed by atoms with Crippen molar-refractivity contribution in [2.75, 3.05) is 0 Å². The van der Waals surface area contributed by atoms with E-state index in [0.29, 0.717) is 27.6 Å². The molecule has 0 aliphatic rings. The number of benzene rings is 2. The number of H-pyrrole nitrogens is 1. The Hall–Kier alpha value is -2.34. The van der Waals surface area contributed by atoms with Crippen molar-refractivity contribution in [3.05, 3.63) is 59.4 Å². The highest BCUT2D eigenvalue weighted by atomic mass is 32.2. The lowest BCUT2D eigenvalue weighted by Crippen LogP contribution is -2.11. The van der Waals surface area contributed by atoms with E-state index in [-0.39, 0.29) is 5.82 Å². The van der Waals surface area contributed by atoms with E-state index in [1.807, 2.05) is 6.07 Å². The molecule has 3 rings (SSSR count). The summed E-state index contributed by atoms with van der Waals surface area (Å²) in [4.78, 5) is 18.8. The summed E-state index contributed by atoms with van der Waals surface area (Å²) in [6, 6.07) is 11.8. The molecule has 21 heavy (non-hydrogen) atoms. The molecule has 1 amide bonds. The van der Waals surface area contributed by atoms with E-state index in [1.54, 1.807) is 30.3 Å². The summed E-state index contributed by atoms with van der Waals surface area (Å²) in [5, 5.41) is 0.627. The van der Waals surface area contributed by atoms with Crippen LogP contribution in [-0.4, -0.2) is 15.9 Å². The third-order valence-electron chi connectivity index (χ3n) is 3.08. The number of carbonyl (C=O) groups excluding carboxylic acids is 1. The van der Waals surface area contributed by atoms with Crippen molar-refractivity contribution >= 4 is 28.7 Å². The summed E-state index contributed by atoms with van der Waals surface area (Å²) in [7, 11) is 0. The molecule has 106 valence electrons. The van der Waals surface area contributed by atoms with Gasteiger partial charge in [-0.05, 0) is 23.8 Å². The van der Waals surface area contributed by atoms with Gasteiger partial charge < -0.3 is 10.7 Å². The SMILES string of the molecule is NC(=O)c1cccc2[nH]c(SCc3ccccc3F)nc12. The number of halogens is 1. The van der Waals surface area contributed by atoms with Crippen molar-refractivity contribution in [3.63, 3.8) is 0 Å². The van der Waals surface area contributed by atoms with Crippen molar-refractivity contribution < 1.29 is 9.18 Å². The largest absolute Gasteiger partial charge is 0.366 e. The van der Waals surface area contributed by atoms with Crippen LogP contribution in [0, 0.1) is 5.82 Å². The minimum absolute atomic E-state index is 0.237. The van der Waals surface area contributed by atoms with Gasteiger partial charge in [0.2, 0.25) is 0 Å². The molecule has 0 saturated carbocycles. The van der Waals surface area contributed by atoms with E-state index in [1.165, 1.54) is 17.8 Å². The lowest BCUT2D eigenvalue weighted by molar-refractivity contribution is 0.100. The number of amides is 1. The van der Waals surface area contributed by atoms with Gasteiger partial charge in [-0.15, -0.1) is 0 Å². The third-order valence-corrected chi connectivity index (χ3v) is 4.00. The van der Waals surface area contributed by atoms with Gasteiger partial charge in [0.1, 0.15) is 11.3 Å². The molecule has 0 saturated heterocycles. The second-order valence-electron chi connectivity index (χ2n) is 4.49. The van der Waals surface area contributed by atoms with Gasteiger partial charge in [0.25, 0.3) is 5.91 Å². The summed E-state index contributed by atoms with van der Waals surface area (Å²) in [5.41, 5.74) is 7.59. The molecule has 0 aliphatic heterocycles. The molecule has 0 bridgehead atoms. The summed E-state index contributed by atoms with van der Waals surface area (Å²) in [6.45, 7) is 0. The number of primary amides is 1. The number of rotatable bonds is 4. The molecule has 0 unspecified atom stereocenters. The number of fused-ring (bicyclic) bond motifs is 1. The molecular formula is C15H12FN3OS. The Bertz CT molecular complexity index is 816. The van der Waals surface area contributed by atoms with Crippen molar-refractivity contribution in [1.82, 2.24) is 9.97 Å². The highest BCUT2D eigenvalue weighted by Gasteiger charge is 2.11. The highest BCUT2D eigenvalue weighted by Crippen LogP contribution is 2.25. The minimum Gasteiger partial charge on any atom is -0.366 e. The lowest BCUT2D eigenvalue weighted by atomic mass is 10.2. The summed E-state index contributed by atoms with van der Waals surface area (Å²) in [6.07, 6.45) is 0. The molecule has 3 aromatic rings. The van der Waals surface area contributed by atoms with Gasteiger partial charge in [-0.1, -0.05) is 36.0 Å². The Labute approximate surface area is 124 Å². The number of nitrogens with one attached hydrogen (secondary N) is 1. The monoisotopic (exact) mass is 301 g/mol. The number of nitrogens with two attached hydrogens (primary N) is 1. The molecular weight excluding hydrogens is 289 g/mol. The normalized spacial score (nSPS) is 10.9. The maximum atomic E-state index is 13.6. The molecule has 6 heteroatoms. The van der Waals surface area contributed by atoms with Crippen molar-refractivity contribution in [2.45, 2.75) is 10.9 Å². The zero-order valence-electron chi connectivity index (χ0n) is 11.0. The first-order chi connectivity index (χ1) is 10.1. The standard InChI is InChI=1S/C15H12FN3OS/c16-11-6-2-1-4-9(11)8-21-15-18-12-7-3-5-10(14(17)20)13(12)19-15/h1-7H,8H2,(H2,17,20)(H,18,19). The fourth-order valence-corrected chi connectivity index (χ4v) is 2.90. The molecule has 3 N–H and O–H groups in total. The van der Waals surface area contributed by atoms with Crippen LogP contribution in [0.4, 0.5) is 4.39 Å². The predicted molar refractivity (Wildman–Crippen MR) is 80.6 cm³/mol. The van der Waals surface area contributed by atoms with Crippen molar-refractivity contribution in [3.8, 4) is 0 Å². The van der Waals surface area contributed by atoms with Gasteiger partial charge in [-0.2, -0.15) is 0 Å². The maximum Gasteiger partial charge on any atom is 0.250 e. The van der Waals surface area contributed by atoms with Gasteiger partial charge >= 0.3 is 0 Å². The fourth-order valence-electron chi connectivity index (χ4n) is 2.04. The zero-order chi connectivity index (χ0) is 14.8. The second kappa shape index (κ2) is 5.57. The molecule has 2 aromatic carbocycles. The Balaban J connectivity index is 1.87. The van der Waals surface area contributed by atoms with Crippen molar-refractivity contribution in [2.24, 2.45) is 5.73 Å². The van der Waals surface area contributed by atoms with E-state index in [4.69, 9.17) is 5.73 Å². The Kier molecular flexibility index (Phi) is 3.62. The van der Waals surface area contributed by atoms with Gasteiger partial charge in [0.15, 0.2) is 5.16 Å². The first-order valence-electron chi connectivity index (χ1n) is 6.30. The molecule has 0 fully saturated rings. The van der Waals surface area contributed by atoms with Crippen LogP contribution >= 0.6 is 11.8 Å². The quantitative estimate of drug-likeness (QED) is 0.727. The third kappa shape index (κ3) is 2.75. The highest BCUT2D eigenvalue weighted by molar-refractivity contribution is 7.98. The van der Waals surface area contributed by atoms with Gasteiger partial charge in [0.05, 0.1) is 11.1 Å². The average Bonchev–Trinajstić information content (AvgIpc) is 2.88.